The number of carbonyl (C=O) groups excluding carboxylic acids is 3. The summed E-state index contributed by atoms with van der Waals surface area (Å²) in [6.07, 6.45) is 1.56. The summed E-state index contributed by atoms with van der Waals surface area (Å²) < 4.78 is 4.90. The number of esters is 1. The standard InChI is InChI=1S/C14H13N3O4S/c1-9(18)16-11-4-2-10(3-5-11)13(20)21-8-12(19)17-14-15-6-7-22-14/h2-7H,8H2,1H3,(H,16,18)(H,15,17,19). The van der Waals surface area contributed by atoms with Gasteiger partial charge in [-0.3, -0.25) is 14.9 Å². The van der Waals surface area contributed by atoms with Crippen LogP contribution in [0, 0.1) is 0 Å². The third-order valence-corrected chi connectivity index (χ3v) is 3.14. The predicted molar refractivity (Wildman–Crippen MR) is 81.8 cm³/mol. The van der Waals surface area contributed by atoms with Gasteiger partial charge in [-0.05, 0) is 24.3 Å². The van der Waals surface area contributed by atoms with E-state index in [1.165, 1.54) is 30.4 Å². The fourth-order valence-corrected chi connectivity index (χ4v) is 2.09. The quantitative estimate of drug-likeness (QED) is 0.820. The van der Waals surface area contributed by atoms with Gasteiger partial charge in [-0.1, -0.05) is 0 Å². The molecular weight excluding hydrogens is 306 g/mol. The van der Waals surface area contributed by atoms with Crippen LogP contribution in [0.4, 0.5) is 10.8 Å². The molecule has 0 spiro atoms. The van der Waals surface area contributed by atoms with Gasteiger partial charge in [-0.2, -0.15) is 0 Å². The topological polar surface area (TPSA) is 97.4 Å². The van der Waals surface area contributed by atoms with E-state index in [9.17, 15) is 14.4 Å². The highest BCUT2D eigenvalue weighted by Crippen LogP contribution is 2.11. The van der Waals surface area contributed by atoms with Crippen molar-refractivity contribution < 1.29 is 19.1 Å². The number of benzene rings is 1. The molecule has 0 aliphatic rings. The van der Waals surface area contributed by atoms with Crippen LogP contribution in [0.3, 0.4) is 0 Å². The molecule has 2 amide bonds. The van der Waals surface area contributed by atoms with Crippen LogP contribution in [-0.2, 0) is 14.3 Å². The van der Waals surface area contributed by atoms with E-state index in [1.54, 1.807) is 23.7 Å². The van der Waals surface area contributed by atoms with Gasteiger partial charge in [0.15, 0.2) is 11.7 Å². The van der Waals surface area contributed by atoms with Crippen molar-refractivity contribution in [2.24, 2.45) is 0 Å². The lowest BCUT2D eigenvalue weighted by Crippen LogP contribution is -2.20. The van der Waals surface area contributed by atoms with Crippen LogP contribution in [0.5, 0.6) is 0 Å². The smallest absolute Gasteiger partial charge is 0.338 e. The predicted octanol–water partition coefficient (Wildman–Crippen LogP) is 1.90. The Balaban J connectivity index is 1.84. The minimum atomic E-state index is -0.622. The fraction of sp³-hybridized carbons (Fsp3) is 0.143. The average Bonchev–Trinajstić information content (AvgIpc) is 2.98. The zero-order chi connectivity index (χ0) is 15.9. The molecule has 2 rings (SSSR count). The highest BCUT2D eigenvalue weighted by molar-refractivity contribution is 7.13. The zero-order valence-corrected chi connectivity index (χ0v) is 12.5. The van der Waals surface area contributed by atoms with Gasteiger partial charge in [-0.25, -0.2) is 9.78 Å². The summed E-state index contributed by atoms with van der Waals surface area (Å²) in [5.41, 5.74) is 0.863. The molecule has 0 saturated heterocycles. The summed E-state index contributed by atoms with van der Waals surface area (Å²) in [5.74, 6) is -1.28. The first kappa shape index (κ1) is 15.6. The number of anilines is 2. The van der Waals surface area contributed by atoms with Crippen molar-refractivity contribution in [2.45, 2.75) is 6.92 Å². The van der Waals surface area contributed by atoms with E-state index in [2.05, 4.69) is 15.6 Å². The van der Waals surface area contributed by atoms with Gasteiger partial charge in [-0.15, -0.1) is 11.3 Å². The molecular formula is C14H13N3O4S. The molecule has 8 heteroatoms. The Morgan fingerprint density at radius 2 is 1.91 bits per heavy atom. The molecule has 2 N–H and O–H groups in total. The summed E-state index contributed by atoms with van der Waals surface area (Å²) in [6.45, 7) is 0.995. The lowest BCUT2D eigenvalue weighted by molar-refractivity contribution is -0.119. The lowest BCUT2D eigenvalue weighted by Gasteiger charge is -2.06. The molecule has 2 aromatic rings. The maximum Gasteiger partial charge on any atom is 0.338 e. The van der Waals surface area contributed by atoms with E-state index in [4.69, 9.17) is 4.74 Å². The molecule has 0 saturated carbocycles. The van der Waals surface area contributed by atoms with E-state index in [0.717, 1.165) is 0 Å². The Bertz CT molecular complexity index is 668. The highest BCUT2D eigenvalue weighted by atomic mass is 32.1. The van der Waals surface area contributed by atoms with Gasteiger partial charge in [0.25, 0.3) is 5.91 Å². The molecule has 0 radical (unpaired) electrons. The molecule has 114 valence electrons. The minimum absolute atomic E-state index is 0.200. The molecule has 22 heavy (non-hydrogen) atoms. The molecule has 0 fully saturated rings. The molecule has 0 atom stereocenters. The summed E-state index contributed by atoms with van der Waals surface area (Å²) in [7, 11) is 0. The second kappa shape index (κ2) is 7.32. The van der Waals surface area contributed by atoms with Crippen molar-refractivity contribution in [1.82, 2.24) is 4.98 Å². The Labute approximate surface area is 130 Å². The monoisotopic (exact) mass is 319 g/mol. The number of rotatable bonds is 5. The van der Waals surface area contributed by atoms with Crippen molar-refractivity contribution in [3.05, 3.63) is 41.4 Å². The van der Waals surface area contributed by atoms with E-state index >= 15 is 0 Å². The van der Waals surface area contributed by atoms with E-state index in [0.29, 0.717) is 10.8 Å². The summed E-state index contributed by atoms with van der Waals surface area (Å²) >= 11 is 1.27. The van der Waals surface area contributed by atoms with Crippen molar-refractivity contribution in [1.29, 1.82) is 0 Å². The average molecular weight is 319 g/mol. The SMILES string of the molecule is CC(=O)Nc1ccc(C(=O)OCC(=O)Nc2nccs2)cc1. The van der Waals surface area contributed by atoms with Gasteiger partial charge >= 0.3 is 5.97 Å². The van der Waals surface area contributed by atoms with Crippen LogP contribution in [0.25, 0.3) is 0 Å². The van der Waals surface area contributed by atoms with Crippen LogP contribution in [0.15, 0.2) is 35.8 Å². The number of thiazole rings is 1. The van der Waals surface area contributed by atoms with E-state index < -0.39 is 18.5 Å². The molecule has 1 aromatic heterocycles. The van der Waals surface area contributed by atoms with Crippen molar-refractivity contribution in [3.63, 3.8) is 0 Å². The molecule has 0 unspecified atom stereocenters. The number of aromatic nitrogens is 1. The number of hydrogen-bond acceptors (Lipinski definition) is 6. The first-order valence-electron chi connectivity index (χ1n) is 6.29. The second-order valence-corrected chi connectivity index (χ2v) is 5.11. The van der Waals surface area contributed by atoms with Crippen molar-refractivity contribution >= 4 is 39.9 Å². The Morgan fingerprint density at radius 1 is 1.18 bits per heavy atom. The second-order valence-electron chi connectivity index (χ2n) is 4.22. The van der Waals surface area contributed by atoms with Gasteiger partial charge < -0.3 is 10.1 Å². The van der Waals surface area contributed by atoms with Crippen molar-refractivity contribution in [3.8, 4) is 0 Å². The number of carbonyl (C=O) groups is 3. The minimum Gasteiger partial charge on any atom is -0.452 e. The maximum absolute atomic E-state index is 11.8. The number of hydrogen-bond donors (Lipinski definition) is 2. The molecule has 7 nitrogen and oxygen atoms in total. The van der Waals surface area contributed by atoms with Gasteiger partial charge in [0.1, 0.15) is 0 Å². The van der Waals surface area contributed by atoms with Crippen LogP contribution >= 0.6 is 11.3 Å². The van der Waals surface area contributed by atoms with Gasteiger partial charge in [0.05, 0.1) is 5.56 Å². The third kappa shape index (κ3) is 4.67. The van der Waals surface area contributed by atoms with Crippen LogP contribution < -0.4 is 10.6 Å². The third-order valence-electron chi connectivity index (χ3n) is 2.45. The zero-order valence-electron chi connectivity index (χ0n) is 11.7. The first-order valence-corrected chi connectivity index (χ1v) is 7.16. The molecule has 0 bridgehead atoms. The number of amides is 2. The normalized spacial score (nSPS) is 9.86. The fourth-order valence-electron chi connectivity index (χ4n) is 1.55. The first-order chi connectivity index (χ1) is 10.5. The maximum atomic E-state index is 11.8. The molecule has 0 aliphatic carbocycles. The highest BCUT2D eigenvalue weighted by Gasteiger charge is 2.11. The molecule has 0 aliphatic heterocycles. The Kier molecular flexibility index (Phi) is 5.21. The summed E-state index contributed by atoms with van der Waals surface area (Å²) in [6, 6.07) is 6.17. The Morgan fingerprint density at radius 3 is 2.50 bits per heavy atom. The number of nitrogens with one attached hydrogen (secondary N) is 2. The van der Waals surface area contributed by atoms with Crippen LogP contribution in [0.1, 0.15) is 17.3 Å². The number of ether oxygens (including phenoxy) is 1. The summed E-state index contributed by atoms with van der Waals surface area (Å²) in [5, 5.41) is 7.25. The van der Waals surface area contributed by atoms with Crippen molar-refractivity contribution in [2.75, 3.05) is 17.2 Å². The number of nitrogens with zero attached hydrogens (tertiary/aromatic N) is 1. The van der Waals surface area contributed by atoms with Crippen LogP contribution in [-0.4, -0.2) is 29.4 Å². The van der Waals surface area contributed by atoms with E-state index in [1.807, 2.05) is 0 Å². The van der Waals surface area contributed by atoms with Crippen LogP contribution in [0.2, 0.25) is 0 Å². The van der Waals surface area contributed by atoms with Gasteiger partial charge in [0, 0.05) is 24.2 Å². The largest absolute Gasteiger partial charge is 0.452 e. The van der Waals surface area contributed by atoms with Gasteiger partial charge in [0.2, 0.25) is 5.91 Å². The Hall–Kier alpha value is -2.74. The molecule has 1 heterocycles. The van der Waals surface area contributed by atoms with E-state index in [-0.39, 0.29) is 11.5 Å². The summed E-state index contributed by atoms with van der Waals surface area (Å²) in [4.78, 5) is 38.1. The lowest BCUT2D eigenvalue weighted by atomic mass is 10.2. The molecule has 1 aromatic carbocycles.